The van der Waals surface area contributed by atoms with E-state index in [1.165, 1.54) is 11.2 Å². The van der Waals surface area contributed by atoms with E-state index in [1.54, 1.807) is 16.0 Å². The van der Waals surface area contributed by atoms with Crippen LogP contribution in [0.15, 0.2) is 55.0 Å². The fourth-order valence-corrected chi connectivity index (χ4v) is 8.63. The Labute approximate surface area is 339 Å². The number of aromatic nitrogens is 2. The van der Waals surface area contributed by atoms with E-state index >= 15 is 0 Å². The van der Waals surface area contributed by atoms with E-state index in [1.807, 2.05) is 56.3 Å². The second kappa shape index (κ2) is 19.4. The molecule has 0 bridgehead atoms. The lowest BCUT2D eigenvalue weighted by molar-refractivity contribution is -0.154. The summed E-state index contributed by atoms with van der Waals surface area (Å²) in [6.07, 6.45) is 8.67. The number of imidazole rings is 1. The highest BCUT2D eigenvalue weighted by Crippen LogP contribution is 2.27. The van der Waals surface area contributed by atoms with Crippen LogP contribution >= 0.6 is 0 Å². The molecular formula is C42H58N10O6. The van der Waals surface area contributed by atoms with Gasteiger partial charge in [0.2, 0.25) is 29.5 Å². The fourth-order valence-electron chi connectivity index (χ4n) is 8.63. The van der Waals surface area contributed by atoms with Gasteiger partial charge in [-0.1, -0.05) is 62.7 Å². The van der Waals surface area contributed by atoms with E-state index in [-0.39, 0.29) is 30.6 Å². The van der Waals surface area contributed by atoms with Gasteiger partial charge in [0.15, 0.2) is 0 Å². The van der Waals surface area contributed by atoms with Crippen LogP contribution in [0.1, 0.15) is 82.9 Å². The van der Waals surface area contributed by atoms with E-state index in [4.69, 9.17) is 11.6 Å². The van der Waals surface area contributed by atoms with Crippen molar-refractivity contribution in [2.45, 2.75) is 121 Å². The maximum absolute atomic E-state index is 14.6. The van der Waals surface area contributed by atoms with Gasteiger partial charge in [-0.3, -0.25) is 34.2 Å². The summed E-state index contributed by atoms with van der Waals surface area (Å²) in [6, 6.07) is 8.62. The van der Waals surface area contributed by atoms with Crippen LogP contribution < -0.4 is 27.6 Å². The summed E-state index contributed by atoms with van der Waals surface area (Å²) in [4.78, 5) is 95.1. The average Bonchev–Trinajstić information content (AvgIpc) is 3.97. The number of H-pyrrole nitrogens is 1. The molecular weight excluding hydrogens is 741 g/mol. The minimum absolute atomic E-state index is 0.0955. The van der Waals surface area contributed by atoms with E-state index in [0.29, 0.717) is 76.7 Å². The molecule has 58 heavy (non-hydrogen) atoms. The molecule has 3 fully saturated rings. The maximum atomic E-state index is 14.6. The van der Waals surface area contributed by atoms with Crippen molar-refractivity contribution in [3.8, 4) is 0 Å². The van der Waals surface area contributed by atoms with E-state index in [0.717, 1.165) is 22.8 Å². The monoisotopic (exact) mass is 798 g/mol. The first-order valence-corrected chi connectivity index (χ1v) is 20.7. The number of nitrogens with one attached hydrogen (secondary N) is 4. The molecule has 7 atom stereocenters. The number of likely N-dealkylation sites (tertiary alicyclic amines) is 3. The molecule has 16 nitrogen and oxygen atoms in total. The summed E-state index contributed by atoms with van der Waals surface area (Å²) in [5.74, 6) is 2.67. The zero-order valence-corrected chi connectivity index (χ0v) is 33.5. The minimum Gasteiger partial charge on any atom is -0.348 e. The quantitative estimate of drug-likeness (QED) is 0.0787. The number of carbonyl (C=O) groups excluding carboxylic acids is 6. The molecule has 3 aliphatic rings. The third-order valence-electron chi connectivity index (χ3n) is 12.1. The molecule has 2 aromatic carbocycles. The van der Waals surface area contributed by atoms with Gasteiger partial charge in [0.1, 0.15) is 30.2 Å². The second-order valence-corrected chi connectivity index (χ2v) is 16.0. The van der Waals surface area contributed by atoms with Crippen molar-refractivity contribution in [2.75, 3.05) is 19.6 Å². The number of hydrogen-bond acceptors (Lipinski definition) is 9. The van der Waals surface area contributed by atoms with Gasteiger partial charge < -0.3 is 36.1 Å². The Hall–Kier alpha value is -5.35. The van der Waals surface area contributed by atoms with Crippen LogP contribution in [0.25, 0.3) is 10.8 Å². The molecule has 0 aliphatic carbocycles. The standard InChI is InChI=1S/C42H58N10O6/c1-3-26(2)36(48-37(53)31(43)22-27-16-17-28-11-4-5-12-29(28)21-27)42(58)52-19-9-7-14-35(52)41(57)51-18-8-6-13-33(51)38(54)47-32(23-30-24-45-25-46-30)40(56)50-20-10-15-34(50)39(55)49-44/h4-5,11-12,16-17,21,24-26,31-36H,3,6-10,13-15,18-20,22-23,43-44H2,1-2H3,(H,45,46)(H,47,54)(H,48,53)(H,49,55)/t26?,31-,32-,33+,34+,35-,36+/m1/s1. The predicted molar refractivity (Wildman–Crippen MR) is 217 cm³/mol. The van der Waals surface area contributed by atoms with Crippen molar-refractivity contribution in [2.24, 2.45) is 17.5 Å². The average molecular weight is 799 g/mol. The molecule has 6 amide bonds. The van der Waals surface area contributed by atoms with Crippen molar-refractivity contribution < 1.29 is 28.8 Å². The van der Waals surface area contributed by atoms with Crippen molar-refractivity contribution in [1.29, 1.82) is 0 Å². The summed E-state index contributed by atoms with van der Waals surface area (Å²) in [5, 5.41) is 8.02. The molecule has 312 valence electrons. The number of nitrogens with zero attached hydrogens (tertiary/aromatic N) is 4. The van der Waals surface area contributed by atoms with Gasteiger partial charge in [0, 0.05) is 37.9 Å². The van der Waals surface area contributed by atoms with Gasteiger partial charge in [-0.05, 0) is 80.0 Å². The first kappa shape index (κ1) is 42.3. The SMILES string of the molecule is CCC(C)[C@H](NC(=O)[C@H](N)Cc1ccc2ccccc2c1)C(=O)N1CCCC[C@@H]1C(=O)N1CCCC[C@H]1C(=O)N[C@H](Cc1cnc[nH]1)C(=O)N1CCC[C@H]1C(=O)NN. The third-order valence-corrected chi connectivity index (χ3v) is 12.1. The van der Waals surface area contributed by atoms with Crippen LogP contribution in [-0.2, 0) is 41.6 Å². The van der Waals surface area contributed by atoms with E-state index < -0.39 is 59.9 Å². The van der Waals surface area contributed by atoms with Crippen molar-refractivity contribution >= 4 is 46.2 Å². The molecule has 3 aliphatic heterocycles. The number of carbonyl (C=O) groups is 6. The van der Waals surface area contributed by atoms with E-state index in [2.05, 4.69) is 26.0 Å². The Bertz CT molecular complexity index is 1940. The van der Waals surface area contributed by atoms with Gasteiger partial charge in [0.25, 0.3) is 5.91 Å². The van der Waals surface area contributed by atoms with Gasteiger partial charge in [0.05, 0.1) is 12.4 Å². The number of amides is 6. The molecule has 0 radical (unpaired) electrons. The van der Waals surface area contributed by atoms with Crippen LogP contribution in [-0.4, -0.2) is 116 Å². The number of hydrogen-bond donors (Lipinski definition) is 6. The summed E-state index contributed by atoms with van der Waals surface area (Å²) < 4.78 is 0. The predicted octanol–water partition coefficient (Wildman–Crippen LogP) is 1.43. The Morgan fingerprint density at radius 2 is 1.45 bits per heavy atom. The summed E-state index contributed by atoms with van der Waals surface area (Å²) in [7, 11) is 0. The lowest BCUT2D eigenvalue weighted by Crippen LogP contribution is -2.63. The number of piperidine rings is 2. The lowest BCUT2D eigenvalue weighted by Gasteiger charge is -2.43. The highest BCUT2D eigenvalue weighted by Gasteiger charge is 2.44. The van der Waals surface area contributed by atoms with Gasteiger partial charge >= 0.3 is 0 Å². The zero-order chi connectivity index (χ0) is 41.3. The molecule has 8 N–H and O–H groups in total. The molecule has 16 heteroatoms. The van der Waals surface area contributed by atoms with Gasteiger partial charge in [-0.25, -0.2) is 10.8 Å². The first-order chi connectivity index (χ1) is 28.0. The first-order valence-electron chi connectivity index (χ1n) is 20.7. The third kappa shape index (κ3) is 9.67. The summed E-state index contributed by atoms with van der Waals surface area (Å²) >= 11 is 0. The molecule has 0 spiro atoms. The Morgan fingerprint density at radius 3 is 2.16 bits per heavy atom. The van der Waals surface area contributed by atoms with Crippen molar-refractivity contribution in [3.63, 3.8) is 0 Å². The Morgan fingerprint density at radius 1 is 0.793 bits per heavy atom. The molecule has 3 saturated heterocycles. The largest absolute Gasteiger partial charge is 0.348 e. The number of hydrazine groups is 1. The molecule has 0 saturated carbocycles. The van der Waals surface area contributed by atoms with E-state index in [9.17, 15) is 28.8 Å². The number of nitrogens with two attached hydrogens (primary N) is 2. The lowest BCUT2D eigenvalue weighted by atomic mass is 9.92. The number of fused-ring (bicyclic) bond motifs is 1. The molecule has 6 rings (SSSR count). The highest BCUT2D eigenvalue weighted by molar-refractivity contribution is 5.97. The number of benzene rings is 2. The highest BCUT2D eigenvalue weighted by atomic mass is 16.2. The number of rotatable bonds is 14. The topological polar surface area (TPSA) is 229 Å². The number of aromatic amines is 1. The van der Waals surface area contributed by atoms with Crippen LogP contribution in [0.4, 0.5) is 0 Å². The molecule has 4 heterocycles. The zero-order valence-electron chi connectivity index (χ0n) is 33.5. The van der Waals surface area contributed by atoms with Crippen LogP contribution in [0.3, 0.4) is 0 Å². The minimum atomic E-state index is -1.04. The van der Waals surface area contributed by atoms with Crippen LogP contribution in [0, 0.1) is 5.92 Å². The van der Waals surface area contributed by atoms with Crippen LogP contribution in [0.5, 0.6) is 0 Å². The Kier molecular flexibility index (Phi) is 14.1. The fraction of sp³-hybridized carbons (Fsp3) is 0.548. The smallest absolute Gasteiger partial charge is 0.256 e. The van der Waals surface area contributed by atoms with Gasteiger partial charge in [-0.2, -0.15) is 0 Å². The normalized spacial score (nSPS) is 21.8. The second-order valence-electron chi connectivity index (χ2n) is 16.0. The maximum Gasteiger partial charge on any atom is 0.256 e. The van der Waals surface area contributed by atoms with Crippen LogP contribution in [0.2, 0.25) is 0 Å². The Balaban J connectivity index is 1.16. The van der Waals surface area contributed by atoms with Crippen molar-refractivity contribution in [3.05, 3.63) is 66.2 Å². The molecule has 1 unspecified atom stereocenters. The van der Waals surface area contributed by atoms with Gasteiger partial charge in [-0.15, -0.1) is 0 Å². The molecule has 3 aromatic rings. The summed E-state index contributed by atoms with van der Waals surface area (Å²) in [6.45, 7) is 4.83. The molecule has 1 aromatic heterocycles. The van der Waals surface area contributed by atoms with Crippen molar-refractivity contribution in [1.82, 2.24) is 40.7 Å². The summed E-state index contributed by atoms with van der Waals surface area (Å²) in [5.41, 5.74) is 10.1.